The van der Waals surface area contributed by atoms with Crippen molar-refractivity contribution in [3.8, 4) is 0 Å². The average Bonchev–Trinajstić information content (AvgIpc) is 2.72. The van der Waals surface area contributed by atoms with Crippen molar-refractivity contribution in [1.82, 2.24) is 14.3 Å². The van der Waals surface area contributed by atoms with Gasteiger partial charge in [0, 0.05) is 13.0 Å². The summed E-state index contributed by atoms with van der Waals surface area (Å²) < 4.78 is 25.5. The lowest BCUT2D eigenvalue weighted by Crippen LogP contribution is -2.32. The first kappa shape index (κ1) is 14.2. The minimum atomic E-state index is -3.86. The van der Waals surface area contributed by atoms with Gasteiger partial charge in [0.05, 0.1) is 12.4 Å². The van der Waals surface area contributed by atoms with Crippen molar-refractivity contribution in [3.63, 3.8) is 0 Å². The SMILES string of the molecule is CCCC1CC(=O)N(S(=O)(=O)c2cnc(Cl)nc2)C1. The zero-order valence-electron chi connectivity index (χ0n) is 10.4. The minimum Gasteiger partial charge on any atom is -0.274 e. The van der Waals surface area contributed by atoms with Crippen LogP contribution in [0.3, 0.4) is 0 Å². The fraction of sp³-hybridized carbons (Fsp3) is 0.545. The van der Waals surface area contributed by atoms with E-state index in [4.69, 9.17) is 11.6 Å². The predicted octanol–water partition coefficient (Wildman–Crippen LogP) is 1.47. The van der Waals surface area contributed by atoms with Gasteiger partial charge in [-0.05, 0) is 23.9 Å². The van der Waals surface area contributed by atoms with Crippen LogP contribution in [0.5, 0.6) is 0 Å². The molecule has 19 heavy (non-hydrogen) atoms. The molecule has 0 bridgehead atoms. The average molecular weight is 304 g/mol. The van der Waals surface area contributed by atoms with E-state index in [-0.39, 0.29) is 35.0 Å². The number of aromatic nitrogens is 2. The molecule has 2 rings (SSSR count). The van der Waals surface area contributed by atoms with E-state index in [1.807, 2.05) is 6.92 Å². The summed E-state index contributed by atoms with van der Waals surface area (Å²) >= 11 is 5.52. The van der Waals surface area contributed by atoms with Gasteiger partial charge in [0.1, 0.15) is 4.90 Å². The van der Waals surface area contributed by atoms with Crippen molar-refractivity contribution < 1.29 is 13.2 Å². The summed E-state index contributed by atoms with van der Waals surface area (Å²) in [5.74, 6) is -0.270. The highest BCUT2D eigenvalue weighted by Crippen LogP contribution is 2.27. The summed E-state index contributed by atoms with van der Waals surface area (Å²) in [6.07, 6.45) is 4.28. The van der Waals surface area contributed by atoms with E-state index in [1.54, 1.807) is 0 Å². The van der Waals surface area contributed by atoms with Gasteiger partial charge in [-0.2, -0.15) is 0 Å². The third kappa shape index (κ3) is 2.87. The summed E-state index contributed by atoms with van der Waals surface area (Å²) in [4.78, 5) is 19.0. The Balaban J connectivity index is 2.25. The molecule has 2 heterocycles. The number of hydrogen-bond acceptors (Lipinski definition) is 5. The van der Waals surface area contributed by atoms with Crippen LogP contribution in [0.2, 0.25) is 5.28 Å². The second kappa shape index (κ2) is 5.42. The first-order valence-corrected chi connectivity index (χ1v) is 7.80. The lowest BCUT2D eigenvalue weighted by Gasteiger charge is -2.16. The van der Waals surface area contributed by atoms with Crippen LogP contribution in [0, 0.1) is 5.92 Å². The Morgan fingerprint density at radius 1 is 1.42 bits per heavy atom. The molecular formula is C11H14ClN3O3S. The lowest BCUT2D eigenvalue weighted by molar-refractivity contribution is -0.123. The van der Waals surface area contributed by atoms with Crippen LogP contribution in [0.4, 0.5) is 0 Å². The van der Waals surface area contributed by atoms with Crippen LogP contribution in [-0.4, -0.2) is 35.1 Å². The number of halogens is 1. The third-order valence-electron chi connectivity index (χ3n) is 3.05. The molecule has 1 aromatic heterocycles. The van der Waals surface area contributed by atoms with Gasteiger partial charge in [0.25, 0.3) is 10.0 Å². The maximum atomic E-state index is 12.3. The minimum absolute atomic E-state index is 0.0319. The Kier molecular flexibility index (Phi) is 4.05. The van der Waals surface area contributed by atoms with Gasteiger partial charge in [-0.1, -0.05) is 13.3 Å². The standard InChI is InChI=1S/C11H14ClN3O3S/c1-2-3-8-4-10(16)15(7-8)19(17,18)9-5-13-11(12)14-6-9/h5-6,8H,2-4,7H2,1H3. The predicted molar refractivity (Wildman–Crippen MR) is 69.0 cm³/mol. The molecule has 1 atom stereocenters. The number of nitrogens with zero attached hydrogens (tertiary/aromatic N) is 3. The van der Waals surface area contributed by atoms with E-state index in [2.05, 4.69) is 9.97 Å². The molecule has 104 valence electrons. The second-order valence-corrected chi connectivity index (χ2v) is 6.68. The molecular weight excluding hydrogens is 290 g/mol. The molecule has 1 aromatic rings. The second-order valence-electron chi connectivity index (χ2n) is 4.48. The van der Waals surface area contributed by atoms with Gasteiger partial charge >= 0.3 is 0 Å². The molecule has 0 aromatic carbocycles. The van der Waals surface area contributed by atoms with Gasteiger partial charge in [0.2, 0.25) is 11.2 Å². The smallest absolute Gasteiger partial charge is 0.269 e. The summed E-state index contributed by atoms with van der Waals surface area (Å²) in [5.41, 5.74) is 0. The summed E-state index contributed by atoms with van der Waals surface area (Å²) in [7, 11) is -3.86. The normalized spacial score (nSPS) is 20.0. The Bertz CT molecular complexity index is 573. The molecule has 1 unspecified atom stereocenters. The molecule has 0 aliphatic carbocycles. The molecule has 1 saturated heterocycles. The highest BCUT2D eigenvalue weighted by Gasteiger charge is 2.38. The molecule has 6 nitrogen and oxygen atoms in total. The van der Waals surface area contributed by atoms with Crippen LogP contribution in [0.1, 0.15) is 26.2 Å². The highest BCUT2D eigenvalue weighted by atomic mass is 35.5. The zero-order chi connectivity index (χ0) is 14.0. The topological polar surface area (TPSA) is 80.2 Å². The Hall–Kier alpha value is -1.21. The number of amides is 1. The van der Waals surface area contributed by atoms with Crippen LogP contribution in [-0.2, 0) is 14.8 Å². The van der Waals surface area contributed by atoms with Crippen LogP contribution >= 0.6 is 11.6 Å². The molecule has 8 heteroatoms. The molecule has 0 spiro atoms. The Labute approximate surface area is 116 Å². The monoisotopic (exact) mass is 303 g/mol. The highest BCUT2D eigenvalue weighted by molar-refractivity contribution is 7.89. The van der Waals surface area contributed by atoms with E-state index in [9.17, 15) is 13.2 Å². The number of hydrogen-bond donors (Lipinski definition) is 0. The number of carbonyl (C=O) groups is 1. The van der Waals surface area contributed by atoms with Crippen molar-refractivity contribution in [2.45, 2.75) is 31.1 Å². The van der Waals surface area contributed by atoms with E-state index in [0.717, 1.165) is 29.5 Å². The van der Waals surface area contributed by atoms with Crippen LogP contribution in [0.15, 0.2) is 17.3 Å². The summed E-state index contributed by atoms with van der Waals surface area (Å²) in [6, 6.07) is 0. The van der Waals surface area contributed by atoms with E-state index in [1.165, 1.54) is 0 Å². The van der Waals surface area contributed by atoms with Gasteiger partial charge in [-0.15, -0.1) is 0 Å². The fourth-order valence-electron chi connectivity index (χ4n) is 2.14. The number of carbonyl (C=O) groups excluding carboxylic acids is 1. The van der Waals surface area contributed by atoms with Crippen LogP contribution in [0.25, 0.3) is 0 Å². The van der Waals surface area contributed by atoms with E-state index < -0.39 is 10.0 Å². The molecule has 0 saturated carbocycles. The maximum Gasteiger partial charge on any atom is 0.269 e. The first-order valence-electron chi connectivity index (χ1n) is 5.98. The zero-order valence-corrected chi connectivity index (χ0v) is 12.0. The van der Waals surface area contributed by atoms with Gasteiger partial charge in [0.15, 0.2) is 0 Å². The first-order chi connectivity index (χ1) is 8.95. The summed E-state index contributed by atoms with van der Waals surface area (Å²) in [6.45, 7) is 2.24. The fourth-order valence-corrected chi connectivity index (χ4v) is 3.62. The Morgan fingerprint density at radius 3 is 2.63 bits per heavy atom. The number of sulfonamides is 1. The third-order valence-corrected chi connectivity index (χ3v) is 4.98. The van der Waals surface area contributed by atoms with Crippen molar-refractivity contribution in [2.75, 3.05) is 6.54 Å². The largest absolute Gasteiger partial charge is 0.274 e. The van der Waals surface area contributed by atoms with E-state index >= 15 is 0 Å². The van der Waals surface area contributed by atoms with Crippen molar-refractivity contribution in [3.05, 3.63) is 17.7 Å². The van der Waals surface area contributed by atoms with Gasteiger partial charge in [-0.25, -0.2) is 22.7 Å². The van der Waals surface area contributed by atoms with Crippen LogP contribution < -0.4 is 0 Å². The maximum absolute atomic E-state index is 12.3. The van der Waals surface area contributed by atoms with Gasteiger partial charge < -0.3 is 0 Å². The molecule has 0 N–H and O–H groups in total. The van der Waals surface area contributed by atoms with Crippen molar-refractivity contribution in [1.29, 1.82) is 0 Å². The van der Waals surface area contributed by atoms with Crippen molar-refractivity contribution >= 4 is 27.5 Å². The summed E-state index contributed by atoms with van der Waals surface area (Å²) in [5, 5.41) is -0.0319. The quantitative estimate of drug-likeness (QED) is 0.787. The molecule has 1 aliphatic heterocycles. The number of rotatable bonds is 4. The molecule has 1 amide bonds. The molecule has 1 fully saturated rings. The Morgan fingerprint density at radius 2 is 2.05 bits per heavy atom. The van der Waals surface area contributed by atoms with Gasteiger partial charge in [-0.3, -0.25) is 4.79 Å². The van der Waals surface area contributed by atoms with E-state index in [0.29, 0.717) is 0 Å². The van der Waals surface area contributed by atoms with Crippen molar-refractivity contribution in [2.24, 2.45) is 5.92 Å². The lowest BCUT2D eigenvalue weighted by atomic mass is 10.0. The molecule has 0 radical (unpaired) electrons. The molecule has 1 aliphatic rings.